The quantitative estimate of drug-likeness (QED) is 0.558. The van der Waals surface area contributed by atoms with E-state index in [1.165, 1.54) is 0 Å². The Kier molecular flexibility index (Phi) is 4.94. The molecule has 1 aromatic carbocycles. The molecule has 30 heavy (non-hydrogen) atoms. The van der Waals surface area contributed by atoms with Crippen molar-refractivity contribution in [2.75, 3.05) is 12.4 Å². The van der Waals surface area contributed by atoms with Crippen LogP contribution in [0.15, 0.2) is 18.2 Å². The van der Waals surface area contributed by atoms with Gasteiger partial charge in [-0.15, -0.1) is 0 Å². The van der Waals surface area contributed by atoms with Gasteiger partial charge in [0.2, 0.25) is 0 Å². The van der Waals surface area contributed by atoms with Crippen LogP contribution in [0, 0.1) is 5.82 Å². The fourth-order valence-electron chi connectivity index (χ4n) is 2.30. The monoisotopic (exact) mass is 445 g/mol. The van der Waals surface area contributed by atoms with Gasteiger partial charge in [-0.3, -0.25) is 0 Å². The number of nitrogens with one attached hydrogen (secondary N) is 2. The number of methoxy groups -OCH3 is 1. The average molecular weight is 445 g/mol. The fraction of sp³-hybridized carbons (Fsp3) is 0.267. The second-order valence-corrected chi connectivity index (χ2v) is 5.70. The van der Waals surface area contributed by atoms with Gasteiger partial charge in [0.1, 0.15) is 0 Å². The Morgan fingerprint density at radius 1 is 0.967 bits per heavy atom. The molecule has 0 amide bonds. The van der Waals surface area contributed by atoms with Crippen LogP contribution in [0.5, 0.6) is 5.88 Å². The molecule has 0 aliphatic heterocycles. The molecule has 162 valence electrons. The van der Waals surface area contributed by atoms with Crippen molar-refractivity contribution in [2.24, 2.45) is 0 Å². The number of halogens is 9. The first-order valence-electron chi connectivity index (χ1n) is 7.65. The molecule has 0 aliphatic carbocycles. The molecule has 0 spiro atoms. The molecule has 3 rings (SSSR count). The number of hydrogen-bond acceptors (Lipinski definition) is 5. The zero-order chi connectivity index (χ0) is 22.5. The molecule has 0 atom stereocenters. The van der Waals surface area contributed by atoms with E-state index in [2.05, 4.69) is 20.3 Å². The molecule has 0 fully saturated rings. The standard InChI is InChI=1S/C15H8F9N5O/c1-30-11-10(25-6-4-2-3-5(7(6)16)14(19,20)21)26-8-9(27-11)29-12(28-8)13(17,18)15(22,23)24/h2-4H,1H3,(H2,25,26,27,28,29). The zero-order valence-electron chi connectivity index (χ0n) is 14.4. The third kappa shape index (κ3) is 3.66. The Balaban J connectivity index is 2.08. The number of fused-ring (bicyclic) bond motifs is 1. The highest BCUT2D eigenvalue weighted by Crippen LogP contribution is 2.43. The second-order valence-electron chi connectivity index (χ2n) is 5.70. The number of aromatic amines is 1. The molecular weight excluding hydrogens is 437 g/mol. The smallest absolute Gasteiger partial charge is 0.461 e. The second kappa shape index (κ2) is 6.91. The third-order valence-corrected chi connectivity index (χ3v) is 3.70. The van der Waals surface area contributed by atoms with Crippen molar-refractivity contribution in [1.29, 1.82) is 0 Å². The summed E-state index contributed by atoms with van der Waals surface area (Å²) >= 11 is 0. The Labute approximate surface area is 160 Å². The van der Waals surface area contributed by atoms with E-state index in [0.717, 1.165) is 19.2 Å². The molecule has 2 heterocycles. The number of H-pyrrole nitrogens is 1. The predicted molar refractivity (Wildman–Crippen MR) is 82.9 cm³/mol. The van der Waals surface area contributed by atoms with Gasteiger partial charge in [-0.2, -0.15) is 40.1 Å². The number of aromatic nitrogens is 4. The molecule has 0 saturated heterocycles. The summed E-state index contributed by atoms with van der Waals surface area (Å²) in [5.74, 6) is -9.99. The van der Waals surface area contributed by atoms with Gasteiger partial charge in [0.25, 0.3) is 5.88 Å². The van der Waals surface area contributed by atoms with E-state index in [-0.39, 0.29) is 0 Å². The average Bonchev–Trinajstić information content (AvgIpc) is 3.04. The first-order chi connectivity index (χ1) is 13.8. The molecule has 0 bridgehead atoms. The topological polar surface area (TPSA) is 75.7 Å². The van der Waals surface area contributed by atoms with Crippen LogP contribution in [-0.2, 0) is 12.1 Å². The summed E-state index contributed by atoms with van der Waals surface area (Å²) < 4.78 is 122. The van der Waals surface area contributed by atoms with Gasteiger partial charge in [-0.25, -0.2) is 14.4 Å². The number of imidazole rings is 1. The molecule has 0 radical (unpaired) electrons. The fourth-order valence-corrected chi connectivity index (χ4v) is 2.30. The van der Waals surface area contributed by atoms with E-state index in [9.17, 15) is 39.5 Å². The van der Waals surface area contributed by atoms with Gasteiger partial charge in [0, 0.05) is 0 Å². The molecule has 6 nitrogen and oxygen atoms in total. The van der Waals surface area contributed by atoms with Gasteiger partial charge >= 0.3 is 18.3 Å². The van der Waals surface area contributed by atoms with Crippen LogP contribution in [0.1, 0.15) is 11.4 Å². The summed E-state index contributed by atoms with van der Waals surface area (Å²) in [4.78, 5) is 11.9. The maximum atomic E-state index is 14.2. The number of hydrogen-bond donors (Lipinski definition) is 2. The first kappa shape index (κ1) is 21.4. The summed E-state index contributed by atoms with van der Waals surface area (Å²) in [7, 11) is 1.01. The maximum absolute atomic E-state index is 14.2. The van der Waals surface area contributed by atoms with E-state index < -0.39 is 64.2 Å². The number of nitrogens with zero attached hydrogens (tertiary/aromatic N) is 3. The number of anilines is 2. The molecular formula is C15H8F9N5O. The number of rotatable bonds is 4. The van der Waals surface area contributed by atoms with E-state index in [4.69, 9.17) is 4.74 Å². The molecule has 15 heteroatoms. The lowest BCUT2D eigenvalue weighted by Crippen LogP contribution is -2.34. The van der Waals surface area contributed by atoms with Crippen LogP contribution in [0.2, 0.25) is 0 Å². The summed E-state index contributed by atoms with van der Waals surface area (Å²) in [6.45, 7) is 0. The van der Waals surface area contributed by atoms with Crippen LogP contribution in [0.25, 0.3) is 11.3 Å². The van der Waals surface area contributed by atoms with Crippen LogP contribution in [-0.4, -0.2) is 33.2 Å². The van der Waals surface area contributed by atoms with Crippen LogP contribution in [0.4, 0.5) is 51.0 Å². The number of ether oxygens (including phenoxy) is 1. The molecule has 0 aliphatic rings. The maximum Gasteiger partial charge on any atom is 0.461 e. The lowest BCUT2D eigenvalue weighted by molar-refractivity contribution is -0.292. The van der Waals surface area contributed by atoms with Crippen molar-refractivity contribution in [2.45, 2.75) is 18.3 Å². The largest absolute Gasteiger partial charge is 0.478 e. The molecule has 2 N–H and O–H groups in total. The number of alkyl halides is 8. The Bertz CT molecular complexity index is 1090. The van der Waals surface area contributed by atoms with Crippen molar-refractivity contribution in [3.63, 3.8) is 0 Å². The van der Waals surface area contributed by atoms with Crippen LogP contribution >= 0.6 is 0 Å². The Morgan fingerprint density at radius 2 is 1.63 bits per heavy atom. The number of benzene rings is 1. The van der Waals surface area contributed by atoms with Gasteiger partial charge in [-0.05, 0) is 12.1 Å². The highest BCUT2D eigenvalue weighted by atomic mass is 19.4. The third-order valence-electron chi connectivity index (χ3n) is 3.70. The van der Waals surface area contributed by atoms with Crippen molar-refractivity contribution in [1.82, 2.24) is 19.9 Å². The van der Waals surface area contributed by atoms with Gasteiger partial charge in [0.15, 0.2) is 28.8 Å². The first-order valence-corrected chi connectivity index (χ1v) is 7.65. The molecule has 3 aromatic rings. The van der Waals surface area contributed by atoms with E-state index >= 15 is 0 Å². The summed E-state index contributed by atoms with van der Waals surface area (Å²) in [6.07, 6.45) is -11.0. The van der Waals surface area contributed by atoms with Gasteiger partial charge < -0.3 is 15.0 Å². The summed E-state index contributed by atoms with van der Waals surface area (Å²) in [5.41, 5.74) is -3.70. The Hall–Kier alpha value is -3.26. The lowest BCUT2D eigenvalue weighted by Gasteiger charge is -2.16. The normalized spacial score (nSPS) is 13.0. The predicted octanol–water partition coefficient (Wildman–Crippen LogP) is 4.92. The van der Waals surface area contributed by atoms with Gasteiger partial charge in [-0.1, -0.05) is 6.07 Å². The summed E-state index contributed by atoms with van der Waals surface area (Å²) in [6, 6.07) is 2.26. The van der Waals surface area contributed by atoms with Gasteiger partial charge in [0.05, 0.1) is 18.4 Å². The van der Waals surface area contributed by atoms with E-state index in [1.54, 1.807) is 4.98 Å². The highest BCUT2D eigenvalue weighted by molar-refractivity contribution is 5.73. The molecule has 2 aromatic heterocycles. The van der Waals surface area contributed by atoms with Crippen molar-refractivity contribution < 1.29 is 44.3 Å². The van der Waals surface area contributed by atoms with Crippen LogP contribution in [0.3, 0.4) is 0 Å². The summed E-state index contributed by atoms with van der Waals surface area (Å²) in [5, 5.41) is 2.14. The Morgan fingerprint density at radius 3 is 2.20 bits per heavy atom. The van der Waals surface area contributed by atoms with Crippen molar-refractivity contribution in [3.05, 3.63) is 35.4 Å². The minimum Gasteiger partial charge on any atom is -0.478 e. The highest BCUT2D eigenvalue weighted by Gasteiger charge is 2.61. The minimum atomic E-state index is -5.97. The van der Waals surface area contributed by atoms with Crippen molar-refractivity contribution >= 4 is 22.8 Å². The lowest BCUT2D eigenvalue weighted by atomic mass is 10.1. The minimum absolute atomic E-state index is 0.478. The molecule has 0 unspecified atom stereocenters. The van der Waals surface area contributed by atoms with Crippen LogP contribution < -0.4 is 10.1 Å². The zero-order valence-corrected chi connectivity index (χ0v) is 14.4. The molecule has 0 saturated carbocycles. The van der Waals surface area contributed by atoms with Crippen molar-refractivity contribution in [3.8, 4) is 5.88 Å². The SMILES string of the molecule is COc1nc2[nH]c(C(F)(F)C(F)(F)F)nc2nc1Nc1cccc(C(F)(F)F)c1F. The van der Waals surface area contributed by atoms with E-state index in [1.807, 2.05) is 0 Å². The van der Waals surface area contributed by atoms with E-state index in [0.29, 0.717) is 6.07 Å².